The Morgan fingerprint density at radius 2 is 1.81 bits per heavy atom. The van der Waals surface area contributed by atoms with Crippen molar-refractivity contribution in [1.82, 2.24) is 0 Å². The summed E-state index contributed by atoms with van der Waals surface area (Å²) >= 11 is 0. The van der Waals surface area contributed by atoms with Crippen molar-refractivity contribution >= 4 is 5.97 Å². The molecule has 0 unspecified atom stereocenters. The molecule has 2 N–H and O–H groups in total. The predicted octanol–water partition coefficient (Wildman–Crippen LogP) is 2.54. The van der Waals surface area contributed by atoms with Crippen LogP contribution in [0.4, 0.5) is 0 Å². The zero-order valence-electron chi connectivity index (χ0n) is 13.0. The van der Waals surface area contributed by atoms with E-state index in [1.165, 1.54) is 0 Å². The van der Waals surface area contributed by atoms with E-state index in [0.717, 1.165) is 0 Å². The van der Waals surface area contributed by atoms with Crippen molar-refractivity contribution in [3.63, 3.8) is 0 Å². The van der Waals surface area contributed by atoms with Crippen LogP contribution >= 0.6 is 0 Å². The average Bonchev–Trinajstić information content (AvgIpc) is 2.59. The number of carbonyl (C=O) groups is 1. The van der Waals surface area contributed by atoms with Crippen LogP contribution in [0.25, 0.3) is 0 Å². The highest BCUT2D eigenvalue weighted by molar-refractivity contribution is 5.92. The molecule has 116 valence electrons. The molecule has 0 radical (unpaired) electrons. The van der Waals surface area contributed by atoms with Crippen molar-refractivity contribution in [2.24, 2.45) is 5.90 Å². The Morgan fingerprint density at radius 3 is 2.33 bits per heavy atom. The molecule has 0 aliphatic carbocycles. The lowest BCUT2D eigenvalue weighted by molar-refractivity contribution is -0.0432. The first kappa shape index (κ1) is 15.6. The van der Waals surface area contributed by atoms with E-state index >= 15 is 0 Å². The highest BCUT2D eigenvalue weighted by Crippen LogP contribution is 2.41. The predicted molar refractivity (Wildman–Crippen MR) is 75.9 cm³/mol. The lowest BCUT2D eigenvalue weighted by Crippen LogP contribution is -2.29. The van der Waals surface area contributed by atoms with Gasteiger partial charge >= 0.3 is 5.97 Å². The van der Waals surface area contributed by atoms with Crippen molar-refractivity contribution in [2.45, 2.75) is 52.6 Å². The molecule has 0 atom stereocenters. The summed E-state index contributed by atoms with van der Waals surface area (Å²) in [4.78, 5) is 17.0. The molecule has 0 bridgehead atoms. The molecule has 0 spiro atoms. The fraction of sp³-hybridized carbons (Fsp3) is 0.533. The van der Waals surface area contributed by atoms with Crippen LogP contribution in [0, 0.1) is 0 Å². The van der Waals surface area contributed by atoms with Crippen molar-refractivity contribution in [1.29, 1.82) is 0 Å². The molecule has 0 fully saturated rings. The van der Waals surface area contributed by atoms with E-state index in [2.05, 4.69) is 4.84 Å². The van der Waals surface area contributed by atoms with Gasteiger partial charge in [0.2, 0.25) is 5.79 Å². The van der Waals surface area contributed by atoms with Gasteiger partial charge < -0.3 is 14.2 Å². The van der Waals surface area contributed by atoms with Crippen LogP contribution in [-0.2, 0) is 16.2 Å². The minimum absolute atomic E-state index is 0.0750. The van der Waals surface area contributed by atoms with E-state index in [1.807, 2.05) is 0 Å². The third-order valence-corrected chi connectivity index (χ3v) is 2.74. The van der Waals surface area contributed by atoms with Gasteiger partial charge in [-0.1, -0.05) is 0 Å². The van der Waals surface area contributed by atoms with E-state index in [-0.39, 0.29) is 6.61 Å². The van der Waals surface area contributed by atoms with Gasteiger partial charge in [0.25, 0.3) is 0 Å². The van der Waals surface area contributed by atoms with Crippen LogP contribution in [0.3, 0.4) is 0 Å². The molecule has 1 aliphatic rings. The van der Waals surface area contributed by atoms with Crippen LogP contribution in [0.15, 0.2) is 12.1 Å². The lowest BCUT2D eigenvalue weighted by atomic mass is 10.1. The van der Waals surface area contributed by atoms with Crippen LogP contribution in [-0.4, -0.2) is 17.4 Å². The Hall–Kier alpha value is -1.79. The molecule has 1 aliphatic heterocycles. The molecule has 0 saturated heterocycles. The fourth-order valence-electron chi connectivity index (χ4n) is 2.04. The number of rotatable bonds is 3. The molecule has 0 aromatic heterocycles. The Morgan fingerprint density at radius 1 is 1.24 bits per heavy atom. The van der Waals surface area contributed by atoms with Gasteiger partial charge in [-0.2, -0.15) is 0 Å². The maximum absolute atomic E-state index is 12.3. The second-order valence-corrected chi connectivity index (χ2v) is 6.37. The summed E-state index contributed by atoms with van der Waals surface area (Å²) < 4.78 is 16.7. The molecule has 0 saturated carbocycles. The standard InChI is InChI=1S/C15H21NO5/c1-14(2,3)21-13(17)10-7-12-11(6-9(10)8-18-16)19-15(4,5)20-12/h6-7H,8,16H2,1-5H3. The third kappa shape index (κ3) is 3.65. The Bertz CT molecular complexity index is 560. The van der Waals surface area contributed by atoms with E-state index in [1.54, 1.807) is 46.8 Å². The first-order chi connectivity index (χ1) is 9.61. The van der Waals surface area contributed by atoms with E-state index in [0.29, 0.717) is 22.6 Å². The number of nitrogens with two attached hydrogens (primary N) is 1. The van der Waals surface area contributed by atoms with Crippen LogP contribution < -0.4 is 15.4 Å². The second-order valence-electron chi connectivity index (χ2n) is 6.37. The fourth-order valence-corrected chi connectivity index (χ4v) is 2.04. The summed E-state index contributed by atoms with van der Waals surface area (Å²) in [5.41, 5.74) is 0.357. The Kier molecular flexibility index (Phi) is 3.86. The maximum atomic E-state index is 12.3. The first-order valence-corrected chi connectivity index (χ1v) is 6.71. The van der Waals surface area contributed by atoms with E-state index in [4.69, 9.17) is 20.1 Å². The first-order valence-electron chi connectivity index (χ1n) is 6.71. The molecule has 1 aromatic carbocycles. The van der Waals surface area contributed by atoms with Crippen molar-refractivity contribution in [3.05, 3.63) is 23.3 Å². The summed E-state index contributed by atoms with van der Waals surface area (Å²) in [7, 11) is 0. The molecule has 6 nitrogen and oxygen atoms in total. The van der Waals surface area contributed by atoms with Gasteiger partial charge in [-0.05, 0) is 38.5 Å². The molecule has 1 aromatic rings. The van der Waals surface area contributed by atoms with Crippen molar-refractivity contribution < 1.29 is 23.8 Å². The van der Waals surface area contributed by atoms with Crippen molar-refractivity contribution in [3.8, 4) is 11.5 Å². The number of fused-ring (bicyclic) bond motifs is 1. The van der Waals surface area contributed by atoms with E-state index in [9.17, 15) is 4.79 Å². The molecule has 21 heavy (non-hydrogen) atoms. The van der Waals surface area contributed by atoms with Gasteiger partial charge in [-0.25, -0.2) is 10.7 Å². The average molecular weight is 295 g/mol. The number of hydrogen-bond donors (Lipinski definition) is 1. The van der Waals surface area contributed by atoms with Gasteiger partial charge in [0.1, 0.15) is 5.60 Å². The third-order valence-electron chi connectivity index (χ3n) is 2.74. The lowest BCUT2D eigenvalue weighted by Gasteiger charge is -2.20. The smallest absolute Gasteiger partial charge is 0.339 e. The second kappa shape index (κ2) is 5.20. The molecular weight excluding hydrogens is 274 g/mol. The number of carbonyl (C=O) groups excluding carboxylic acids is 1. The summed E-state index contributed by atoms with van der Waals surface area (Å²) in [6.07, 6.45) is 0. The van der Waals surface area contributed by atoms with Gasteiger partial charge in [0, 0.05) is 13.8 Å². The minimum Gasteiger partial charge on any atom is -0.456 e. The van der Waals surface area contributed by atoms with Crippen LogP contribution in [0.1, 0.15) is 50.5 Å². The van der Waals surface area contributed by atoms with Crippen LogP contribution in [0.2, 0.25) is 0 Å². The number of benzene rings is 1. The number of ether oxygens (including phenoxy) is 3. The zero-order valence-corrected chi connectivity index (χ0v) is 13.0. The minimum atomic E-state index is -0.768. The van der Waals surface area contributed by atoms with Gasteiger partial charge in [0.05, 0.1) is 12.2 Å². The normalized spacial score (nSPS) is 15.9. The van der Waals surface area contributed by atoms with Gasteiger partial charge in [-0.3, -0.25) is 4.84 Å². The molecule has 2 rings (SSSR count). The quantitative estimate of drug-likeness (QED) is 0.682. The van der Waals surface area contributed by atoms with Gasteiger partial charge in [-0.15, -0.1) is 0 Å². The summed E-state index contributed by atoms with van der Waals surface area (Å²) in [5.74, 6) is 4.97. The Balaban J connectivity index is 2.39. The monoisotopic (exact) mass is 295 g/mol. The van der Waals surface area contributed by atoms with E-state index < -0.39 is 17.4 Å². The number of hydrogen-bond acceptors (Lipinski definition) is 6. The largest absolute Gasteiger partial charge is 0.456 e. The van der Waals surface area contributed by atoms with Crippen molar-refractivity contribution in [2.75, 3.05) is 0 Å². The summed E-state index contributed by atoms with van der Waals surface area (Å²) in [5, 5.41) is 0. The number of esters is 1. The molecule has 1 heterocycles. The topological polar surface area (TPSA) is 80.0 Å². The molecule has 0 amide bonds. The molecular formula is C15H21NO5. The van der Waals surface area contributed by atoms with Gasteiger partial charge in [0.15, 0.2) is 11.5 Å². The summed E-state index contributed by atoms with van der Waals surface area (Å²) in [6.45, 7) is 9.07. The summed E-state index contributed by atoms with van der Waals surface area (Å²) in [6, 6.07) is 3.29. The highest BCUT2D eigenvalue weighted by atomic mass is 16.7. The highest BCUT2D eigenvalue weighted by Gasteiger charge is 2.34. The maximum Gasteiger partial charge on any atom is 0.339 e. The van der Waals surface area contributed by atoms with Crippen LogP contribution in [0.5, 0.6) is 11.5 Å². The Labute approximate surface area is 124 Å². The molecule has 6 heteroatoms. The SMILES string of the molecule is CC(C)(C)OC(=O)c1cc2c(cc1CON)OC(C)(C)O2. The zero-order chi connectivity index (χ0) is 15.8.